The number of fused-ring (bicyclic) bond motifs is 1. The second kappa shape index (κ2) is 8.54. The molecular weight excluding hydrogens is 403 g/mol. The molecule has 0 unspecified atom stereocenters. The fourth-order valence-electron chi connectivity index (χ4n) is 3.28. The van der Waals surface area contributed by atoms with Crippen LogP contribution >= 0.6 is 11.3 Å². The Labute approximate surface area is 170 Å². The van der Waals surface area contributed by atoms with Crippen molar-refractivity contribution in [2.24, 2.45) is 5.92 Å². The molecule has 4 rings (SSSR count). The number of halogens is 3. The van der Waals surface area contributed by atoms with Crippen LogP contribution in [0.5, 0.6) is 16.7 Å². The molecule has 0 atom stereocenters. The van der Waals surface area contributed by atoms with Gasteiger partial charge in [-0.2, -0.15) is 13.2 Å². The van der Waals surface area contributed by atoms with E-state index in [0.29, 0.717) is 42.9 Å². The van der Waals surface area contributed by atoms with Crippen LogP contribution in [0.15, 0.2) is 42.7 Å². The first kappa shape index (κ1) is 19.9. The van der Waals surface area contributed by atoms with Gasteiger partial charge in [0.05, 0.1) is 16.8 Å². The monoisotopic (exact) mass is 423 g/mol. The second-order valence-corrected chi connectivity index (χ2v) is 7.90. The normalized spacial score (nSPS) is 16.2. The molecule has 2 aromatic heterocycles. The molecule has 1 saturated heterocycles. The number of nitrogens with zero attached hydrogens (tertiary/aromatic N) is 3. The van der Waals surface area contributed by atoms with Crippen LogP contribution in [0.4, 0.5) is 13.2 Å². The molecule has 0 bridgehead atoms. The number of hydrogen-bond donors (Lipinski definition) is 0. The summed E-state index contributed by atoms with van der Waals surface area (Å²) in [5, 5.41) is 0.545. The summed E-state index contributed by atoms with van der Waals surface area (Å²) in [6.07, 6.45) is -0.334. The number of pyridine rings is 1. The highest BCUT2D eigenvalue weighted by molar-refractivity contribution is 7.20. The van der Waals surface area contributed by atoms with Gasteiger partial charge in [-0.3, -0.25) is 9.88 Å². The van der Waals surface area contributed by atoms with Gasteiger partial charge in [0.1, 0.15) is 23.6 Å². The zero-order valence-electron chi connectivity index (χ0n) is 15.6. The van der Waals surface area contributed by atoms with Crippen molar-refractivity contribution in [1.29, 1.82) is 0 Å². The Morgan fingerprint density at radius 1 is 1.07 bits per heavy atom. The van der Waals surface area contributed by atoms with Gasteiger partial charge in [0.2, 0.25) is 0 Å². The average molecular weight is 423 g/mol. The van der Waals surface area contributed by atoms with Crippen molar-refractivity contribution in [3.8, 4) is 16.7 Å². The fraction of sp³-hybridized carbons (Fsp3) is 0.400. The van der Waals surface area contributed by atoms with Crippen LogP contribution in [0.3, 0.4) is 0 Å². The van der Waals surface area contributed by atoms with Crippen molar-refractivity contribution in [2.75, 3.05) is 26.2 Å². The third-order valence-corrected chi connectivity index (χ3v) is 5.84. The van der Waals surface area contributed by atoms with Crippen molar-refractivity contribution in [1.82, 2.24) is 14.9 Å². The van der Waals surface area contributed by atoms with Crippen molar-refractivity contribution in [3.63, 3.8) is 0 Å². The number of rotatable bonds is 6. The first-order valence-electron chi connectivity index (χ1n) is 9.38. The highest BCUT2D eigenvalue weighted by atomic mass is 32.1. The summed E-state index contributed by atoms with van der Waals surface area (Å²) < 4.78 is 50.6. The van der Waals surface area contributed by atoms with Gasteiger partial charge in [-0.25, -0.2) is 4.98 Å². The molecule has 1 fully saturated rings. The van der Waals surface area contributed by atoms with E-state index < -0.39 is 12.1 Å². The van der Waals surface area contributed by atoms with Crippen LogP contribution in [0.2, 0.25) is 0 Å². The number of ether oxygens (including phenoxy) is 2. The van der Waals surface area contributed by atoms with Gasteiger partial charge in [0.15, 0.2) is 0 Å². The van der Waals surface area contributed by atoms with Crippen molar-refractivity contribution in [3.05, 3.63) is 42.7 Å². The molecule has 0 amide bonds. The topological polar surface area (TPSA) is 47.5 Å². The third kappa shape index (κ3) is 5.16. The Kier molecular flexibility index (Phi) is 5.86. The molecule has 3 aromatic rings. The third-order valence-electron chi connectivity index (χ3n) is 4.93. The summed E-state index contributed by atoms with van der Waals surface area (Å²) in [6.45, 7) is 1.96. The number of piperidine rings is 1. The SMILES string of the molecule is FC(F)(F)C1CCN(CCOc2ccc(Oc3nc4cnccc4s3)cc2)CC1. The molecule has 5 nitrogen and oxygen atoms in total. The molecule has 0 radical (unpaired) electrons. The quantitative estimate of drug-likeness (QED) is 0.550. The number of benzene rings is 1. The number of alkyl halides is 3. The Bertz CT molecular complexity index is 905. The lowest BCUT2D eigenvalue weighted by atomic mass is 9.96. The van der Waals surface area contributed by atoms with E-state index >= 15 is 0 Å². The van der Waals surface area contributed by atoms with E-state index in [1.165, 1.54) is 11.3 Å². The van der Waals surface area contributed by atoms with E-state index in [1.54, 1.807) is 36.7 Å². The molecule has 0 N–H and O–H groups in total. The largest absolute Gasteiger partial charge is 0.492 e. The zero-order chi connectivity index (χ0) is 20.3. The lowest BCUT2D eigenvalue weighted by Gasteiger charge is -2.32. The minimum absolute atomic E-state index is 0.164. The minimum Gasteiger partial charge on any atom is -0.492 e. The Morgan fingerprint density at radius 2 is 1.79 bits per heavy atom. The Morgan fingerprint density at radius 3 is 2.48 bits per heavy atom. The number of hydrogen-bond acceptors (Lipinski definition) is 6. The standard InChI is InChI=1S/C20H20F3N3O2S/c21-20(22,23)14-6-9-26(10-7-14)11-12-27-15-1-3-16(4-2-15)28-19-25-17-13-24-8-5-18(17)29-19/h1-5,8,13-14H,6-7,9-12H2. The Hall–Kier alpha value is -2.39. The van der Waals surface area contributed by atoms with Gasteiger partial charge in [-0.1, -0.05) is 11.3 Å². The van der Waals surface area contributed by atoms with Crippen LogP contribution in [0.1, 0.15) is 12.8 Å². The lowest BCUT2D eigenvalue weighted by molar-refractivity contribution is -0.185. The van der Waals surface area contributed by atoms with E-state index in [4.69, 9.17) is 9.47 Å². The predicted molar refractivity (Wildman–Crippen MR) is 105 cm³/mol. The van der Waals surface area contributed by atoms with Crippen molar-refractivity contribution < 1.29 is 22.6 Å². The van der Waals surface area contributed by atoms with Gasteiger partial charge >= 0.3 is 6.18 Å². The molecule has 0 spiro atoms. The van der Waals surface area contributed by atoms with Gasteiger partial charge in [0.25, 0.3) is 5.19 Å². The number of aromatic nitrogens is 2. The van der Waals surface area contributed by atoms with Crippen LogP contribution in [-0.2, 0) is 0 Å². The molecule has 1 aromatic carbocycles. The van der Waals surface area contributed by atoms with E-state index in [-0.39, 0.29) is 12.8 Å². The lowest BCUT2D eigenvalue weighted by Crippen LogP contribution is -2.40. The van der Waals surface area contributed by atoms with Crippen LogP contribution < -0.4 is 9.47 Å². The predicted octanol–water partition coefficient (Wildman–Crippen LogP) is 5.14. The molecule has 29 heavy (non-hydrogen) atoms. The molecule has 9 heteroatoms. The van der Waals surface area contributed by atoms with Gasteiger partial charge in [-0.05, 0) is 56.3 Å². The summed E-state index contributed by atoms with van der Waals surface area (Å²) in [6, 6.07) is 9.10. The Balaban J connectivity index is 1.23. The highest BCUT2D eigenvalue weighted by Gasteiger charge is 2.40. The fourth-order valence-corrected chi connectivity index (χ4v) is 4.09. The minimum atomic E-state index is -4.07. The maximum Gasteiger partial charge on any atom is 0.391 e. The summed E-state index contributed by atoms with van der Waals surface area (Å²) in [7, 11) is 0. The molecule has 154 valence electrons. The first-order valence-corrected chi connectivity index (χ1v) is 10.2. The number of thiazole rings is 1. The molecule has 1 aliphatic rings. The van der Waals surface area contributed by atoms with Crippen LogP contribution in [-0.4, -0.2) is 47.3 Å². The maximum atomic E-state index is 12.7. The van der Waals surface area contributed by atoms with Crippen molar-refractivity contribution in [2.45, 2.75) is 19.0 Å². The maximum absolute atomic E-state index is 12.7. The molecule has 0 saturated carbocycles. The van der Waals surface area contributed by atoms with E-state index in [9.17, 15) is 13.2 Å². The first-order chi connectivity index (χ1) is 14.0. The summed E-state index contributed by atoms with van der Waals surface area (Å²) in [4.78, 5) is 10.4. The second-order valence-electron chi connectivity index (χ2n) is 6.90. The van der Waals surface area contributed by atoms with Gasteiger partial charge < -0.3 is 9.47 Å². The van der Waals surface area contributed by atoms with Crippen molar-refractivity contribution >= 4 is 21.6 Å². The van der Waals surface area contributed by atoms with Crippen LogP contribution in [0.25, 0.3) is 10.2 Å². The molecule has 0 aliphatic carbocycles. The summed E-state index contributed by atoms with van der Waals surface area (Å²) >= 11 is 1.45. The van der Waals surface area contributed by atoms with E-state index in [0.717, 1.165) is 10.2 Å². The molecule has 1 aliphatic heterocycles. The molecule has 3 heterocycles. The smallest absolute Gasteiger partial charge is 0.391 e. The average Bonchev–Trinajstić information content (AvgIpc) is 3.11. The zero-order valence-corrected chi connectivity index (χ0v) is 16.4. The van der Waals surface area contributed by atoms with Crippen LogP contribution in [0, 0.1) is 5.92 Å². The summed E-state index contributed by atoms with van der Waals surface area (Å²) in [5.41, 5.74) is 0.798. The van der Waals surface area contributed by atoms with Gasteiger partial charge in [0, 0.05) is 12.7 Å². The molecular formula is C20H20F3N3O2S. The van der Waals surface area contributed by atoms with E-state index in [2.05, 4.69) is 9.97 Å². The van der Waals surface area contributed by atoms with E-state index in [1.807, 2.05) is 11.0 Å². The van der Waals surface area contributed by atoms with Gasteiger partial charge in [-0.15, -0.1) is 0 Å². The highest BCUT2D eigenvalue weighted by Crippen LogP contribution is 2.34. The number of likely N-dealkylation sites (tertiary alicyclic amines) is 1. The summed E-state index contributed by atoms with van der Waals surface area (Å²) in [5.74, 6) is 0.175.